The molecule has 0 aliphatic carbocycles. The van der Waals surface area contributed by atoms with Crippen LogP contribution in [-0.2, 0) is 11.2 Å². The monoisotopic (exact) mass is 192 g/mol. The summed E-state index contributed by atoms with van der Waals surface area (Å²) < 4.78 is 5.23. The van der Waals surface area contributed by atoms with Crippen LogP contribution in [0.25, 0.3) is 0 Å². The zero-order valence-corrected chi connectivity index (χ0v) is 8.91. The van der Waals surface area contributed by atoms with Gasteiger partial charge < -0.3 is 9.53 Å². The second-order valence-electron chi connectivity index (χ2n) is 3.63. The quantitative estimate of drug-likeness (QED) is 0.685. The van der Waals surface area contributed by atoms with Crippen LogP contribution in [0.1, 0.15) is 18.1 Å². The predicted octanol–water partition coefficient (Wildman–Crippen LogP) is 2.38. The molecule has 0 heterocycles. The van der Waals surface area contributed by atoms with Crippen LogP contribution in [0.2, 0.25) is 0 Å². The van der Waals surface area contributed by atoms with Crippen molar-refractivity contribution >= 4 is 6.29 Å². The van der Waals surface area contributed by atoms with Crippen molar-refractivity contribution in [3.05, 3.63) is 29.3 Å². The first-order valence-electron chi connectivity index (χ1n) is 4.76. The summed E-state index contributed by atoms with van der Waals surface area (Å²) in [6.07, 6.45) is 1.72. The molecule has 2 heteroatoms. The molecule has 0 aromatic heterocycles. The molecule has 1 atom stereocenters. The summed E-state index contributed by atoms with van der Waals surface area (Å²) in [6, 6.07) is 6.02. The number of aryl methyl sites for hydroxylation is 1. The van der Waals surface area contributed by atoms with E-state index >= 15 is 0 Å². The first-order chi connectivity index (χ1) is 6.67. The molecule has 0 bridgehead atoms. The molecular formula is C12H16O2. The summed E-state index contributed by atoms with van der Waals surface area (Å²) in [5, 5.41) is 0. The molecule has 0 aliphatic heterocycles. The van der Waals surface area contributed by atoms with Gasteiger partial charge in [-0.2, -0.15) is 0 Å². The molecule has 14 heavy (non-hydrogen) atoms. The van der Waals surface area contributed by atoms with Crippen molar-refractivity contribution < 1.29 is 9.53 Å². The average Bonchev–Trinajstić information content (AvgIpc) is 2.18. The third kappa shape index (κ3) is 2.59. The highest BCUT2D eigenvalue weighted by Crippen LogP contribution is 2.22. The third-order valence-corrected chi connectivity index (χ3v) is 2.21. The van der Waals surface area contributed by atoms with Crippen LogP contribution in [0, 0.1) is 12.8 Å². The molecule has 0 aliphatic rings. The van der Waals surface area contributed by atoms with Crippen molar-refractivity contribution in [3.8, 4) is 5.75 Å². The minimum atomic E-state index is 0.0469. The third-order valence-electron chi connectivity index (χ3n) is 2.21. The number of benzene rings is 1. The molecule has 0 N–H and O–H groups in total. The molecule has 2 nitrogen and oxygen atoms in total. The van der Waals surface area contributed by atoms with Gasteiger partial charge in [-0.15, -0.1) is 0 Å². The van der Waals surface area contributed by atoms with Gasteiger partial charge in [-0.3, -0.25) is 0 Å². The van der Waals surface area contributed by atoms with E-state index < -0.39 is 0 Å². The number of rotatable bonds is 4. The van der Waals surface area contributed by atoms with Gasteiger partial charge in [0.05, 0.1) is 7.11 Å². The van der Waals surface area contributed by atoms with Gasteiger partial charge in [-0.1, -0.05) is 24.6 Å². The lowest BCUT2D eigenvalue weighted by Gasteiger charge is -2.10. The summed E-state index contributed by atoms with van der Waals surface area (Å²) >= 11 is 0. The van der Waals surface area contributed by atoms with Crippen LogP contribution < -0.4 is 4.74 Å². The maximum atomic E-state index is 10.6. The fourth-order valence-electron chi connectivity index (χ4n) is 1.46. The number of carbonyl (C=O) groups is 1. The molecule has 1 rings (SSSR count). The maximum Gasteiger partial charge on any atom is 0.123 e. The number of hydrogen-bond donors (Lipinski definition) is 0. The van der Waals surface area contributed by atoms with Gasteiger partial charge in [-0.05, 0) is 25.0 Å². The Labute approximate surface area is 84.9 Å². The van der Waals surface area contributed by atoms with Gasteiger partial charge in [0.25, 0.3) is 0 Å². The molecule has 0 fully saturated rings. The maximum absolute atomic E-state index is 10.6. The fourth-order valence-corrected chi connectivity index (χ4v) is 1.46. The van der Waals surface area contributed by atoms with Crippen LogP contribution >= 0.6 is 0 Å². The highest BCUT2D eigenvalue weighted by atomic mass is 16.5. The van der Waals surface area contributed by atoms with E-state index in [-0.39, 0.29) is 5.92 Å². The van der Waals surface area contributed by atoms with Crippen molar-refractivity contribution in [2.45, 2.75) is 20.3 Å². The predicted molar refractivity (Wildman–Crippen MR) is 56.7 cm³/mol. The van der Waals surface area contributed by atoms with Crippen molar-refractivity contribution in [1.29, 1.82) is 0 Å². The molecule has 0 spiro atoms. The molecule has 1 unspecified atom stereocenters. The highest BCUT2D eigenvalue weighted by Gasteiger charge is 2.07. The molecular weight excluding hydrogens is 176 g/mol. The number of aldehydes is 1. The van der Waals surface area contributed by atoms with Gasteiger partial charge in [0.15, 0.2) is 0 Å². The number of carbonyl (C=O) groups excluding carboxylic acids is 1. The minimum absolute atomic E-state index is 0.0469. The molecule has 0 saturated carbocycles. The lowest BCUT2D eigenvalue weighted by molar-refractivity contribution is -0.110. The minimum Gasteiger partial charge on any atom is -0.496 e. The first-order valence-corrected chi connectivity index (χ1v) is 4.76. The Balaban J connectivity index is 2.92. The Bertz CT molecular complexity index is 318. The van der Waals surface area contributed by atoms with Crippen LogP contribution in [0.5, 0.6) is 5.75 Å². The standard InChI is InChI=1S/C12H16O2/c1-9-4-5-12(14-3)11(6-9)7-10(2)8-13/h4-6,8,10H,7H2,1-3H3. The van der Waals surface area contributed by atoms with E-state index in [2.05, 4.69) is 6.07 Å². The van der Waals surface area contributed by atoms with Gasteiger partial charge in [0.1, 0.15) is 12.0 Å². The summed E-state index contributed by atoms with van der Waals surface area (Å²) in [7, 11) is 1.65. The topological polar surface area (TPSA) is 26.3 Å². The fraction of sp³-hybridized carbons (Fsp3) is 0.417. The lowest BCUT2D eigenvalue weighted by Crippen LogP contribution is -2.02. The normalized spacial score (nSPS) is 12.2. The second kappa shape index (κ2) is 4.80. The lowest BCUT2D eigenvalue weighted by atomic mass is 10.00. The summed E-state index contributed by atoms with van der Waals surface area (Å²) in [5.74, 6) is 0.912. The molecule has 1 aromatic rings. The van der Waals surface area contributed by atoms with Crippen molar-refractivity contribution in [2.75, 3.05) is 7.11 Å². The van der Waals surface area contributed by atoms with Gasteiger partial charge in [0.2, 0.25) is 0 Å². The smallest absolute Gasteiger partial charge is 0.123 e. The van der Waals surface area contributed by atoms with E-state index in [1.165, 1.54) is 5.56 Å². The SMILES string of the molecule is COc1ccc(C)cc1CC(C)C=O. The molecule has 76 valence electrons. The Kier molecular flexibility index (Phi) is 3.69. The first kappa shape index (κ1) is 10.8. The summed E-state index contributed by atoms with van der Waals surface area (Å²) in [5.41, 5.74) is 2.30. The van der Waals surface area contributed by atoms with Crippen molar-refractivity contribution in [3.63, 3.8) is 0 Å². The van der Waals surface area contributed by atoms with Crippen molar-refractivity contribution in [1.82, 2.24) is 0 Å². The Morgan fingerprint density at radius 2 is 2.21 bits per heavy atom. The van der Waals surface area contributed by atoms with Gasteiger partial charge in [-0.25, -0.2) is 0 Å². The van der Waals surface area contributed by atoms with Crippen LogP contribution in [0.3, 0.4) is 0 Å². The molecule has 0 radical (unpaired) electrons. The second-order valence-corrected chi connectivity index (χ2v) is 3.63. The van der Waals surface area contributed by atoms with E-state index in [9.17, 15) is 4.79 Å². The average molecular weight is 192 g/mol. The van der Waals surface area contributed by atoms with Crippen LogP contribution in [0.4, 0.5) is 0 Å². The van der Waals surface area contributed by atoms with Crippen molar-refractivity contribution in [2.24, 2.45) is 5.92 Å². The number of ether oxygens (including phenoxy) is 1. The van der Waals surface area contributed by atoms with Gasteiger partial charge >= 0.3 is 0 Å². The highest BCUT2D eigenvalue weighted by molar-refractivity contribution is 5.54. The van der Waals surface area contributed by atoms with E-state index in [1.807, 2.05) is 26.0 Å². The summed E-state index contributed by atoms with van der Waals surface area (Å²) in [6.45, 7) is 3.95. The van der Waals surface area contributed by atoms with E-state index in [0.717, 1.165) is 24.0 Å². The molecule has 0 amide bonds. The van der Waals surface area contributed by atoms with E-state index in [0.29, 0.717) is 0 Å². The van der Waals surface area contributed by atoms with E-state index in [4.69, 9.17) is 4.74 Å². The Hall–Kier alpha value is -1.31. The largest absolute Gasteiger partial charge is 0.496 e. The van der Waals surface area contributed by atoms with E-state index in [1.54, 1.807) is 7.11 Å². The molecule has 1 aromatic carbocycles. The zero-order chi connectivity index (χ0) is 10.6. The summed E-state index contributed by atoms with van der Waals surface area (Å²) in [4.78, 5) is 10.6. The van der Waals surface area contributed by atoms with Gasteiger partial charge in [0, 0.05) is 5.92 Å². The zero-order valence-electron chi connectivity index (χ0n) is 8.91. The number of hydrogen-bond acceptors (Lipinski definition) is 2. The van der Waals surface area contributed by atoms with Crippen LogP contribution in [0.15, 0.2) is 18.2 Å². The molecule has 0 saturated heterocycles. The number of methoxy groups -OCH3 is 1. The van der Waals surface area contributed by atoms with Crippen LogP contribution in [-0.4, -0.2) is 13.4 Å². The Morgan fingerprint density at radius 3 is 2.79 bits per heavy atom. The Morgan fingerprint density at radius 1 is 1.50 bits per heavy atom.